The molecule has 2 aromatic carbocycles. The third-order valence-electron chi connectivity index (χ3n) is 4.53. The first-order valence-electron chi connectivity index (χ1n) is 9.25. The van der Waals surface area contributed by atoms with Gasteiger partial charge in [0.2, 0.25) is 18.6 Å². The van der Waals surface area contributed by atoms with Crippen molar-refractivity contribution in [3.8, 4) is 11.5 Å². The van der Waals surface area contributed by atoms with Gasteiger partial charge in [-0.1, -0.05) is 30.2 Å². The van der Waals surface area contributed by atoms with Crippen LogP contribution in [0.2, 0.25) is 0 Å². The monoisotopic (exact) mass is 429 g/mol. The highest BCUT2D eigenvalue weighted by atomic mass is 32.2. The molecule has 1 N–H and O–H groups in total. The molecule has 156 valence electrons. The van der Waals surface area contributed by atoms with E-state index in [1.165, 1.54) is 12.1 Å². The van der Waals surface area contributed by atoms with Gasteiger partial charge in [-0.05, 0) is 35.4 Å². The zero-order chi connectivity index (χ0) is 21.1. The van der Waals surface area contributed by atoms with Crippen LogP contribution in [0.1, 0.15) is 23.9 Å². The quantitative estimate of drug-likeness (QED) is 0.608. The smallest absolute Gasteiger partial charge is 0.322 e. The predicted molar refractivity (Wildman–Crippen MR) is 106 cm³/mol. The van der Waals surface area contributed by atoms with Gasteiger partial charge in [-0.15, -0.1) is 5.10 Å². The molecule has 3 aromatic rings. The summed E-state index contributed by atoms with van der Waals surface area (Å²) < 4.78 is 39.8. The molecule has 0 spiro atoms. The average molecular weight is 429 g/mol. The molecule has 0 aliphatic carbocycles. The number of hydrogen-bond donors (Lipinski definition) is 1. The van der Waals surface area contributed by atoms with Gasteiger partial charge in [-0.2, -0.15) is 0 Å². The van der Waals surface area contributed by atoms with E-state index >= 15 is 0 Å². The number of carbonyl (C=O) groups excluding carboxylic acids is 1. The van der Waals surface area contributed by atoms with Gasteiger partial charge >= 0.3 is 6.01 Å². The minimum absolute atomic E-state index is 0.000856. The Balaban J connectivity index is 1.35. The van der Waals surface area contributed by atoms with Crippen LogP contribution in [0.4, 0.5) is 6.01 Å². The number of fused-ring (bicyclic) bond motifs is 1. The minimum Gasteiger partial charge on any atom is -0.454 e. The third-order valence-corrected chi connectivity index (χ3v) is 6.28. The zero-order valence-corrected chi connectivity index (χ0v) is 16.9. The van der Waals surface area contributed by atoms with Crippen LogP contribution in [-0.4, -0.2) is 37.1 Å². The van der Waals surface area contributed by atoms with E-state index in [2.05, 4.69) is 15.5 Å². The molecule has 0 unspecified atom stereocenters. The highest BCUT2D eigenvalue weighted by molar-refractivity contribution is 7.91. The third kappa shape index (κ3) is 4.43. The number of sulfone groups is 1. The molecule has 0 saturated heterocycles. The van der Waals surface area contributed by atoms with E-state index in [1.54, 1.807) is 19.1 Å². The van der Waals surface area contributed by atoms with Crippen LogP contribution in [0.25, 0.3) is 0 Å². The van der Waals surface area contributed by atoms with Crippen LogP contribution in [0, 0.1) is 0 Å². The lowest BCUT2D eigenvalue weighted by molar-refractivity contribution is -0.115. The summed E-state index contributed by atoms with van der Waals surface area (Å²) in [5.74, 6) is 1.38. The van der Waals surface area contributed by atoms with Crippen LogP contribution < -0.4 is 14.8 Å². The number of anilines is 1. The van der Waals surface area contributed by atoms with Gasteiger partial charge in [-0.3, -0.25) is 10.1 Å². The average Bonchev–Trinajstić information content (AvgIpc) is 3.37. The number of nitrogens with one attached hydrogen (secondary N) is 1. The molecule has 1 aliphatic heterocycles. The van der Waals surface area contributed by atoms with E-state index in [0.29, 0.717) is 29.4 Å². The molecule has 30 heavy (non-hydrogen) atoms. The van der Waals surface area contributed by atoms with Gasteiger partial charge < -0.3 is 13.9 Å². The van der Waals surface area contributed by atoms with Gasteiger partial charge in [0.05, 0.1) is 23.5 Å². The molecule has 0 bridgehead atoms. The Kier molecular flexibility index (Phi) is 5.40. The van der Waals surface area contributed by atoms with Gasteiger partial charge in [0, 0.05) is 0 Å². The van der Waals surface area contributed by atoms with Crippen molar-refractivity contribution in [3.05, 3.63) is 59.5 Å². The molecule has 9 nitrogen and oxygen atoms in total. The second kappa shape index (κ2) is 8.15. The summed E-state index contributed by atoms with van der Waals surface area (Å²) in [5.41, 5.74) is 1.57. The number of ether oxygens (including phenoxy) is 2. The van der Waals surface area contributed by atoms with E-state index in [-0.39, 0.29) is 35.8 Å². The molecule has 10 heteroatoms. The zero-order valence-electron chi connectivity index (χ0n) is 16.1. The van der Waals surface area contributed by atoms with Crippen LogP contribution in [0.3, 0.4) is 0 Å². The van der Waals surface area contributed by atoms with E-state index in [9.17, 15) is 13.2 Å². The van der Waals surface area contributed by atoms with Crippen LogP contribution in [0.15, 0.2) is 51.8 Å². The molecule has 1 aromatic heterocycles. The first kappa shape index (κ1) is 19.9. The molecule has 0 fully saturated rings. The number of nitrogens with zero attached hydrogens (tertiary/aromatic N) is 2. The lowest BCUT2D eigenvalue weighted by atomic mass is 10.1. The Labute approximate surface area is 172 Å². The number of carbonyl (C=O) groups is 1. The number of amides is 1. The maximum absolute atomic E-state index is 12.2. The van der Waals surface area contributed by atoms with Crippen LogP contribution in [0.5, 0.6) is 11.5 Å². The Morgan fingerprint density at radius 2 is 1.77 bits per heavy atom. The molecule has 4 rings (SSSR count). The van der Waals surface area contributed by atoms with Crippen molar-refractivity contribution in [2.24, 2.45) is 0 Å². The van der Waals surface area contributed by atoms with Crippen molar-refractivity contribution < 1.29 is 27.1 Å². The number of rotatable bonds is 7. The van der Waals surface area contributed by atoms with Gasteiger partial charge in [0.1, 0.15) is 0 Å². The summed E-state index contributed by atoms with van der Waals surface area (Å²) >= 11 is 0. The van der Waals surface area contributed by atoms with Crippen molar-refractivity contribution in [1.82, 2.24) is 10.2 Å². The second-order valence-electron chi connectivity index (χ2n) is 6.64. The van der Waals surface area contributed by atoms with Gasteiger partial charge in [0.25, 0.3) is 0 Å². The predicted octanol–water partition coefficient (Wildman–Crippen LogP) is 2.36. The molecule has 2 heterocycles. The fourth-order valence-electron chi connectivity index (χ4n) is 2.93. The summed E-state index contributed by atoms with van der Waals surface area (Å²) in [4.78, 5) is 12.5. The molecule has 0 saturated carbocycles. The van der Waals surface area contributed by atoms with Crippen molar-refractivity contribution in [2.75, 3.05) is 17.9 Å². The molecular formula is C20H19N3O6S. The Morgan fingerprint density at radius 3 is 2.53 bits per heavy atom. The highest BCUT2D eigenvalue weighted by Gasteiger charge is 2.16. The van der Waals surface area contributed by atoms with E-state index in [0.717, 1.165) is 5.56 Å². The van der Waals surface area contributed by atoms with Crippen LogP contribution >= 0.6 is 0 Å². The standard InChI is InChI=1S/C20H19N3O6S/c1-2-30(25,26)15-6-3-13(4-7-15)10-18(24)21-20-23-22-19(29-20)11-14-5-8-16-17(9-14)28-12-27-16/h3-9H,2,10-12H2,1H3,(H,21,23,24). The number of hydrogen-bond acceptors (Lipinski definition) is 8. The molecule has 0 atom stereocenters. The maximum Gasteiger partial charge on any atom is 0.322 e. The SMILES string of the molecule is CCS(=O)(=O)c1ccc(CC(=O)Nc2nnc(Cc3ccc4c(c3)OCO4)o2)cc1. The lowest BCUT2D eigenvalue weighted by Gasteiger charge is -2.04. The van der Waals surface area contributed by atoms with E-state index in [1.807, 2.05) is 18.2 Å². The topological polar surface area (TPSA) is 121 Å². The largest absolute Gasteiger partial charge is 0.454 e. The maximum atomic E-state index is 12.2. The summed E-state index contributed by atoms with van der Waals surface area (Å²) in [6.45, 7) is 1.79. The van der Waals surface area contributed by atoms with Crippen LogP contribution in [-0.2, 0) is 27.5 Å². The fourth-order valence-corrected chi connectivity index (χ4v) is 3.82. The highest BCUT2D eigenvalue weighted by Crippen LogP contribution is 2.33. The van der Waals surface area contributed by atoms with E-state index in [4.69, 9.17) is 13.9 Å². The van der Waals surface area contributed by atoms with Gasteiger partial charge in [0.15, 0.2) is 21.3 Å². The Bertz CT molecular complexity index is 1170. The normalized spacial score (nSPS) is 12.7. The molecule has 1 amide bonds. The minimum atomic E-state index is -3.27. The van der Waals surface area contributed by atoms with Crippen molar-refractivity contribution in [3.63, 3.8) is 0 Å². The summed E-state index contributed by atoms with van der Waals surface area (Å²) in [6.07, 6.45) is 0.430. The molecule has 1 aliphatic rings. The number of aromatic nitrogens is 2. The summed E-state index contributed by atoms with van der Waals surface area (Å²) in [7, 11) is -3.27. The second-order valence-corrected chi connectivity index (χ2v) is 8.92. The Hall–Kier alpha value is -3.40. The molecule has 0 radical (unpaired) electrons. The first-order valence-corrected chi connectivity index (χ1v) is 10.9. The number of benzene rings is 2. The first-order chi connectivity index (χ1) is 14.4. The summed E-state index contributed by atoms with van der Waals surface area (Å²) in [6, 6.07) is 11.7. The summed E-state index contributed by atoms with van der Waals surface area (Å²) in [5, 5.41) is 10.3. The molecular weight excluding hydrogens is 410 g/mol. The fraction of sp³-hybridized carbons (Fsp3) is 0.250. The van der Waals surface area contributed by atoms with E-state index < -0.39 is 9.84 Å². The Morgan fingerprint density at radius 1 is 1.03 bits per heavy atom. The lowest BCUT2D eigenvalue weighted by Crippen LogP contribution is -2.14. The van der Waals surface area contributed by atoms with Crippen molar-refractivity contribution in [1.29, 1.82) is 0 Å². The van der Waals surface area contributed by atoms with Crippen molar-refractivity contribution in [2.45, 2.75) is 24.7 Å². The van der Waals surface area contributed by atoms with Crippen molar-refractivity contribution >= 4 is 21.8 Å². The van der Waals surface area contributed by atoms with Gasteiger partial charge in [-0.25, -0.2) is 8.42 Å².